The van der Waals surface area contributed by atoms with E-state index in [1.54, 1.807) is 6.20 Å². The molecule has 2 rings (SSSR count). The SMILES string of the molecule is O=C(N/C=C/c1ccc(Cl)cc1)NCCN1CCNCC1. The maximum Gasteiger partial charge on any atom is 0.318 e. The molecule has 0 unspecified atom stereocenters. The highest BCUT2D eigenvalue weighted by molar-refractivity contribution is 6.30. The second-order valence-corrected chi connectivity index (χ2v) is 5.31. The van der Waals surface area contributed by atoms with Crippen molar-refractivity contribution >= 4 is 23.7 Å². The van der Waals surface area contributed by atoms with Crippen LogP contribution in [0.2, 0.25) is 5.02 Å². The van der Waals surface area contributed by atoms with Crippen molar-refractivity contribution in [3.05, 3.63) is 41.1 Å². The molecule has 2 amide bonds. The van der Waals surface area contributed by atoms with Crippen LogP contribution in [0.5, 0.6) is 0 Å². The van der Waals surface area contributed by atoms with E-state index in [0.29, 0.717) is 11.6 Å². The third-order valence-corrected chi connectivity index (χ3v) is 3.54. The molecule has 0 radical (unpaired) electrons. The number of carbonyl (C=O) groups excluding carboxylic acids is 1. The number of urea groups is 1. The maximum atomic E-state index is 11.6. The molecule has 0 saturated carbocycles. The summed E-state index contributed by atoms with van der Waals surface area (Å²) in [7, 11) is 0. The molecule has 0 spiro atoms. The fraction of sp³-hybridized carbons (Fsp3) is 0.400. The summed E-state index contributed by atoms with van der Waals surface area (Å²) in [6.45, 7) is 5.67. The molecule has 1 saturated heterocycles. The van der Waals surface area contributed by atoms with Crippen LogP contribution in [0.3, 0.4) is 0 Å². The average molecular weight is 309 g/mol. The molecule has 1 aliphatic rings. The van der Waals surface area contributed by atoms with Gasteiger partial charge in [-0.2, -0.15) is 0 Å². The Hall–Kier alpha value is -1.56. The van der Waals surface area contributed by atoms with Crippen LogP contribution in [0.25, 0.3) is 6.08 Å². The molecule has 1 aromatic carbocycles. The molecule has 6 heteroatoms. The summed E-state index contributed by atoms with van der Waals surface area (Å²) in [5.74, 6) is 0. The molecule has 0 atom stereocenters. The van der Waals surface area contributed by atoms with E-state index in [9.17, 15) is 4.79 Å². The lowest BCUT2D eigenvalue weighted by atomic mass is 10.2. The predicted molar refractivity (Wildman–Crippen MR) is 86.3 cm³/mol. The number of piperazine rings is 1. The highest BCUT2D eigenvalue weighted by atomic mass is 35.5. The van der Waals surface area contributed by atoms with Crippen molar-refractivity contribution < 1.29 is 4.79 Å². The number of halogens is 1. The Morgan fingerprint density at radius 2 is 2.00 bits per heavy atom. The monoisotopic (exact) mass is 308 g/mol. The Bertz CT molecular complexity index is 469. The number of amides is 2. The molecule has 0 aromatic heterocycles. The van der Waals surface area contributed by atoms with Gasteiger partial charge in [0.25, 0.3) is 0 Å². The van der Waals surface area contributed by atoms with Crippen LogP contribution >= 0.6 is 11.6 Å². The molecule has 0 bridgehead atoms. The van der Waals surface area contributed by atoms with Crippen molar-refractivity contribution in [3.63, 3.8) is 0 Å². The van der Waals surface area contributed by atoms with Gasteiger partial charge in [0.15, 0.2) is 0 Å². The fourth-order valence-corrected chi connectivity index (χ4v) is 2.23. The van der Waals surface area contributed by atoms with Crippen LogP contribution in [-0.2, 0) is 0 Å². The van der Waals surface area contributed by atoms with Gasteiger partial charge in [-0.15, -0.1) is 0 Å². The molecule has 1 heterocycles. The maximum absolute atomic E-state index is 11.6. The van der Waals surface area contributed by atoms with E-state index < -0.39 is 0 Å². The molecule has 5 nitrogen and oxygen atoms in total. The van der Waals surface area contributed by atoms with Gasteiger partial charge in [0.1, 0.15) is 0 Å². The standard InChI is InChI=1S/C15H21ClN4O/c16-14-3-1-13(2-4-14)5-6-18-15(21)19-9-12-20-10-7-17-8-11-20/h1-6,17H,7-12H2,(H2,18,19,21)/b6-5+. The first-order valence-electron chi connectivity index (χ1n) is 7.13. The molecule has 1 aliphatic heterocycles. The van der Waals surface area contributed by atoms with E-state index in [2.05, 4.69) is 20.9 Å². The van der Waals surface area contributed by atoms with Gasteiger partial charge in [-0.25, -0.2) is 4.79 Å². The second kappa shape index (κ2) is 8.67. The first-order valence-corrected chi connectivity index (χ1v) is 7.51. The molecular weight excluding hydrogens is 288 g/mol. The third-order valence-electron chi connectivity index (χ3n) is 3.28. The minimum absolute atomic E-state index is 0.185. The number of nitrogens with one attached hydrogen (secondary N) is 3. The van der Waals surface area contributed by atoms with Crippen LogP contribution in [0, 0.1) is 0 Å². The average Bonchev–Trinajstić information content (AvgIpc) is 2.50. The van der Waals surface area contributed by atoms with E-state index >= 15 is 0 Å². The summed E-state index contributed by atoms with van der Waals surface area (Å²) in [5.41, 5.74) is 0.987. The Morgan fingerprint density at radius 1 is 1.29 bits per heavy atom. The molecular formula is C15H21ClN4O. The van der Waals surface area contributed by atoms with Crippen LogP contribution in [0.1, 0.15) is 5.56 Å². The predicted octanol–water partition coefficient (Wildman–Crippen LogP) is 1.52. The van der Waals surface area contributed by atoms with E-state index in [-0.39, 0.29) is 6.03 Å². The zero-order valence-electron chi connectivity index (χ0n) is 11.9. The number of nitrogens with zero attached hydrogens (tertiary/aromatic N) is 1. The number of hydrogen-bond acceptors (Lipinski definition) is 3. The Balaban J connectivity index is 1.61. The summed E-state index contributed by atoms with van der Waals surface area (Å²) < 4.78 is 0. The first-order chi connectivity index (χ1) is 10.2. The minimum atomic E-state index is -0.185. The fourth-order valence-electron chi connectivity index (χ4n) is 2.10. The number of hydrogen-bond donors (Lipinski definition) is 3. The zero-order valence-corrected chi connectivity index (χ0v) is 12.7. The van der Waals surface area contributed by atoms with Crippen LogP contribution in [0.15, 0.2) is 30.5 Å². The number of benzene rings is 1. The van der Waals surface area contributed by atoms with Gasteiger partial charge in [0.2, 0.25) is 0 Å². The topological polar surface area (TPSA) is 56.4 Å². The Kier molecular flexibility index (Phi) is 6.53. The summed E-state index contributed by atoms with van der Waals surface area (Å²) >= 11 is 5.81. The molecule has 1 fully saturated rings. The minimum Gasteiger partial charge on any atom is -0.337 e. The first kappa shape index (κ1) is 15.8. The van der Waals surface area contributed by atoms with Gasteiger partial charge in [0.05, 0.1) is 0 Å². The van der Waals surface area contributed by atoms with Crippen molar-refractivity contribution in [1.29, 1.82) is 0 Å². The summed E-state index contributed by atoms with van der Waals surface area (Å²) in [6.07, 6.45) is 3.45. The highest BCUT2D eigenvalue weighted by Crippen LogP contribution is 2.10. The van der Waals surface area contributed by atoms with Crippen LogP contribution < -0.4 is 16.0 Å². The molecule has 3 N–H and O–H groups in total. The van der Waals surface area contributed by atoms with Gasteiger partial charge < -0.3 is 16.0 Å². The third kappa shape index (κ3) is 6.16. The van der Waals surface area contributed by atoms with Crippen molar-refractivity contribution in [2.24, 2.45) is 0 Å². The van der Waals surface area contributed by atoms with Gasteiger partial charge in [-0.3, -0.25) is 4.90 Å². The van der Waals surface area contributed by atoms with Crippen LogP contribution in [0.4, 0.5) is 4.79 Å². The van der Waals surface area contributed by atoms with E-state index in [4.69, 9.17) is 11.6 Å². The lowest BCUT2D eigenvalue weighted by Crippen LogP contribution is -2.46. The number of rotatable bonds is 5. The number of carbonyl (C=O) groups is 1. The van der Waals surface area contributed by atoms with Crippen molar-refractivity contribution in [3.8, 4) is 0 Å². The molecule has 1 aromatic rings. The van der Waals surface area contributed by atoms with Gasteiger partial charge >= 0.3 is 6.03 Å². The van der Waals surface area contributed by atoms with E-state index in [0.717, 1.165) is 38.3 Å². The molecule has 0 aliphatic carbocycles. The summed E-state index contributed by atoms with van der Waals surface area (Å²) in [5, 5.41) is 9.53. The van der Waals surface area contributed by atoms with Crippen molar-refractivity contribution in [2.75, 3.05) is 39.3 Å². The lowest BCUT2D eigenvalue weighted by Gasteiger charge is -2.26. The normalized spacial score (nSPS) is 16.0. The Morgan fingerprint density at radius 3 is 2.71 bits per heavy atom. The second-order valence-electron chi connectivity index (χ2n) is 4.88. The molecule has 114 valence electrons. The Labute approximate surface area is 130 Å². The van der Waals surface area contributed by atoms with E-state index in [1.807, 2.05) is 30.3 Å². The van der Waals surface area contributed by atoms with E-state index in [1.165, 1.54) is 0 Å². The largest absolute Gasteiger partial charge is 0.337 e. The van der Waals surface area contributed by atoms with Gasteiger partial charge in [-0.1, -0.05) is 23.7 Å². The summed E-state index contributed by atoms with van der Waals surface area (Å²) in [6, 6.07) is 7.23. The lowest BCUT2D eigenvalue weighted by molar-refractivity contribution is 0.229. The molecule has 21 heavy (non-hydrogen) atoms. The quantitative estimate of drug-likeness (QED) is 0.773. The van der Waals surface area contributed by atoms with Gasteiger partial charge in [0, 0.05) is 50.5 Å². The highest BCUT2D eigenvalue weighted by Gasteiger charge is 2.08. The van der Waals surface area contributed by atoms with Crippen molar-refractivity contribution in [1.82, 2.24) is 20.9 Å². The van der Waals surface area contributed by atoms with Crippen LogP contribution in [-0.4, -0.2) is 50.2 Å². The smallest absolute Gasteiger partial charge is 0.318 e. The summed E-state index contributed by atoms with van der Waals surface area (Å²) in [4.78, 5) is 13.9. The van der Waals surface area contributed by atoms with Gasteiger partial charge in [-0.05, 0) is 23.8 Å². The zero-order chi connectivity index (χ0) is 14.9. The van der Waals surface area contributed by atoms with Crippen molar-refractivity contribution in [2.45, 2.75) is 0 Å².